The first-order valence-electron chi connectivity index (χ1n) is 5.44. The third-order valence-corrected chi connectivity index (χ3v) is 2.25. The molecule has 1 aromatic rings. The number of H-pyrrole nitrogens is 1. The number of hydrogen-bond acceptors (Lipinski definition) is 2. The summed E-state index contributed by atoms with van der Waals surface area (Å²) < 4.78 is 0. The molecule has 0 bridgehead atoms. The van der Waals surface area contributed by atoms with Gasteiger partial charge < -0.3 is 16.0 Å². The lowest BCUT2D eigenvalue weighted by Gasteiger charge is -2.03. The third-order valence-electron chi connectivity index (χ3n) is 2.25. The van der Waals surface area contributed by atoms with Gasteiger partial charge in [-0.05, 0) is 25.0 Å². The molecule has 0 aliphatic carbocycles. The first-order chi connectivity index (χ1) is 7.70. The van der Waals surface area contributed by atoms with E-state index in [1.165, 1.54) is 0 Å². The van der Waals surface area contributed by atoms with E-state index < -0.39 is 0 Å². The highest BCUT2D eigenvalue weighted by atomic mass is 16.1. The molecule has 0 spiro atoms. The molecule has 0 radical (unpaired) electrons. The Balaban J connectivity index is 2.03. The maximum Gasteiger partial charge on any atom is 0.267 e. The van der Waals surface area contributed by atoms with Crippen molar-refractivity contribution in [3.8, 4) is 0 Å². The van der Waals surface area contributed by atoms with Crippen LogP contribution < -0.4 is 11.1 Å². The second-order valence-electron chi connectivity index (χ2n) is 3.68. The number of carbonyl (C=O) groups is 1. The van der Waals surface area contributed by atoms with Gasteiger partial charge in [0.2, 0.25) is 0 Å². The van der Waals surface area contributed by atoms with Crippen molar-refractivity contribution in [2.75, 3.05) is 6.54 Å². The van der Waals surface area contributed by atoms with Crippen LogP contribution in [0.1, 0.15) is 36.2 Å². The van der Waals surface area contributed by atoms with Crippen molar-refractivity contribution in [2.45, 2.75) is 25.7 Å². The molecular formula is C11H18N4O. The Morgan fingerprint density at radius 1 is 1.44 bits per heavy atom. The second-order valence-corrected chi connectivity index (χ2v) is 3.68. The zero-order valence-electron chi connectivity index (χ0n) is 9.25. The number of carbonyl (C=O) groups excluding carboxylic acids is 1. The summed E-state index contributed by atoms with van der Waals surface area (Å²) in [6, 6.07) is 3.53. The molecular weight excluding hydrogens is 204 g/mol. The minimum absolute atomic E-state index is 0.0726. The molecule has 0 atom stereocenters. The van der Waals surface area contributed by atoms with Gasteiger partial charge in [0.25, 0.3) is 5.91 Å². The summed E-state index contributed by atoms with van der Waals surface area (Å²) in [4.78, 5) is 14.3. The van der Waals surface area contributed by atoms with Crippen LogP contribution >= 0.6 is 0 Å². The lowest BCUT2D eigenvalue weighted by atomic mass is 10.2. The summed E-state index contributed by atoms with van der Waals surface area (Å²) in [6.07, 6.45) is 5.17. The molecule has 0 saturated heterocycles. The average molecular weight is 222 g/mol. The molecule has 1 aromatic heterocycles. The van der Waals surface area contributed by atoms with Crippen molar-refractivity contribution < 1.29 is 4.79 Å². The van der Waals surface area contributed by atoms with Gasteiger partial charge in [0.1, 0.15) is 5.69 Å². The second kappa shape index (κ2) is 6.66. The summed E-state index contributed by atoms with van der Waals surface area (Å²) in [7, 11) is 0. The Hall–Kier alpha value is -1.78. The fraction of sp³-hybridized carbons (Fsp3) is 0.455. The lowest BCUT2D eigenvalue weighted by molar-refractivity contribution is 0.0948. The minimum Gasteiger partial charge on any atom is -0.388 e. The van der Waals surface area contributed by atoms with E-state index in [4.69, 9.17) is 11.1 Å². The molecule has 5 N–H and O–H groups in total. The first-order valence-corrected chi connectivity index (χ1v) is 5.44. The summed E-state index contributed by atoms with van der Waals surface area (Å²) >= 11 is 0. The standard InChI is InChI=1S/C11H18N4O/c12-10(13)6-2-1-3-7-15-11(16)9-5-4-8-14-9/h4-5,8,14H,1-3,6-7H2,(H3,12,13)(H,15,16). The Kier molecular flexibility index (Phi) is 5.11. The zero-order chi connectivity index (χ0) is 11.8. The van der Waals surface area contributed by atoms with Crippen LogP contribution in [-0.2, 0) is 0 Å². The van der Waals surface area contributed by atoms with Gasteiger partial charge in [-0.15, -0.1) is 0 Å². The maximum absolute atomic E-state index is 11.5. The largest absolute Gasteiger partial charge is 0.388 e. The van der Waals surface area contributed by atoms with Gasteiger partial charge in [0.15, 0.2) is 0 Å². The number of nitrogens with one attached hydrogen (secondary N) is 3. The van der Waals surface area contributed by atoms with E-state index in [2.05, 4.69) is 10.3 Å². The number of hydrogen-bond donors (Lipinski definition) is 4. The van der Waals surface area contributed by atoms with Gasteiger partial charge >= 0.3 is 0 Å². The molecule has 5 heteroatoms. The Morgan fingerprint density at radius 3 is 2.88 bits per heavy atom. The van der Waals surface area contributed by atoms with Crippen LogP contribution in [0.2, 0.25) is 0 Å². The monoisotopic (exact) mass is 222 g/mol. The number of amidine groups is 1. The fourth-order valence-electron chi connectivity index (χ4n) is 1.39. The highest BCUT2D eigenvalue weighted by molar-refractivity contribution is 5.92. The van der Waals surface area contributed by atoms with Crippen LogP contribution in [0.5, 0.6) is 0 Å². The Labute approximate surface area is 94.9 Å². The summed E-state index contributed by atoms with van der Waals surface area (Å²) in [6.45, 7) is 0.662. The van der Waals surface area contributed by atoms with Crippen molar-refractivity contribution in [3.63, 3.8) is 0 Å². The van der Waals surface area contributed by atoms with Gasteiger partial charge in [-0.25, -0.2) is 0 Å². The Morgan fingerprint density at radius 2 is 2.25 bits per heavy atom. The number of aromatic amines is 1. The smallest absolute Gasteiger partial charge is 0.267 e. The average Bonchev–Trinajstić information content (AvgIpc) is 2.75. The zero-order valence-corrected chi connectivity index (χ0v) is 9.25. The lowest BCUT2D eigenvalue weighted by Crippen LogP contribution is -2.24. The Bertz CT molecular complexity index is 332. The van der Waals surface area contributed by atoms with Crippen molar-refractivity contribution in [1.82, 2.24) is 10.3 Å². The van der Waals surface area contributed by atoms with Crippen LogP contribution in [0.25, 0.3) is 0 Å². The molecule has 88 valence electrons. The van der Waals surface area contributed by atoms with Crippen molar-refractivity contribution in [1.29, 1.82) is 5.41 Å². The van der Waals surface area contributed by atoms with E-state index in [9.17, 15) is 4.79 Å². The van der Waals surface area contributed by atoms with Crippen molar-refractivity contribution >= 4 is 11.7 Å². The highest BCUT2D eigenvalue weighted by Crippen LogP contribution is 1.99. The number of aromatic nitrogens is 1. The molecule has 1 rings (SSSR count). The summed E-state index contributed by atoms with van der Waals surface area (Å²) in [5, 5.41) is 9.86. The molecule has 0 aliphatic rings. The van der Waals surface area contributed by atoms with Gasteiger partial charge in [-0.3, -0.25) is 10.2 Å². The molecule has 0 fully saturated rings. The van der Waals surface area contributed by atoms with Crippen LogP contribution in [0.3, 0.4) is 0 Å². The highest BCUT2D eigenvalue weighted by Gasteiger charge is 2.03. The normalized spacial score (nSPS) is 10.0. The molecule has 5 nitrogen and oxygen atoms in total. The van der Waals surface area contributed by atoms with Gasteiger partial charge in [0.05, 0.1) is 5.84 Å². The van der Waals surface area contributed by atoms with E-state index in [1.54, 1.807) is 18.3 Å². The molecule has 16 heavy (non-hydrogen) atoms. The topological polar surface area (TPSA) is 94.8 Å². The van der Waals surface area contributed by atoms with E-state index >= 15 is 0 Å². The molecule has 1 amide bonds. The van der Waals surface area contributed by atoms with Crippen LogP contribution in [0.15, 0.2) is 18.3 Å². The molecule has 0 saturated carbocycles. The fourth-order valence-corrected chi connectivity index (χ4v) is 1.39. The minimum atomic E-state index is -0.0726. The quantitative estimate of drug-likeness (QED) is 0.317. The molecule has 0 unspecified atom stereocenters. The molecule has 0 aromatic carbocycles. The SMILES string of the molecule is N=C(N)CCCCCNC(=O)c1ccc[nH]1. The van der Waals surface area contributed by atoms with Crippen LogP contribution in [-0.4, -0.2) is 23.3 Å². The molecule has 0 aliphatic heterocycles. The number of amides is 1. The number of nitrogens with two attached hydrogens (primary N) is 1. The summed E-state index contributed by atoms with van der Waals surface area (Å²) in [5.74, 6) is 0.159. The maximum atomic E-state index is 11.5. The van der Waals surface area contributed by atoms with Crippen molar-refractivity contribution in [2.24, 2.45) is 5.73 Å². The van der Waals surface area contributed by atoms with Gasteiger partial charge in [-0.1, -0.05) is 6.42 Å². The first kappa shape index (κ1) is 12.3. The predicted molar refractivity (Wildman–Crippen MR) is 63.5 cm³/mol. The van der Waals surface area contributed by atoms with Gasteiger partial charge in [-0.2, -0.15) is 0 Å². The van der Waals surface area contributed by atoms with Gasteiger partial charge in [0, 0.05) is 19.2 Å². The van der Waals surface area contributed by atoms with Crippen LogP contribution in [0, 0.1) is 5.41 Å². The van der Waals surface area contributed by atoms with E-state index in [-0.39, 0.29) is 11.7 Å². The van der Waals surface area contributed by atoms with Crippen molar-refractivity contribution in [3.05, 3.63) is 24.0 Å². The predicted octanol–water partition coefficient (Wildman–Crippen LogP) is 1.24. The number of rotatable bonds is 7. The summed E-state index contributed by atoms with van der Waals surface area (Å²) in [5.41, 5.74) is 5.82. The van der Waals surface area contributed by atoms with E-state index in [0.29, 0.717) is 18.7 Å². The molecule has 1 heterocycles. The van der Waals surface area contributed by atoms with Crippen LogP contribution in [0.4, 0.5) is 0 Å². The third kappa shape index (κ3) is 4.63. The van der Waals surface area contributed by atoms with E-state index in [1.807, 2.05) is 0 Å². The van der Waals surface area contributed by atoms with E-state index in [0.717, 1.165) is 19.3 Å². The number of unbranched alkanes of at least 4 members (excludes halogenated alkanes) is 2.